The topological polar surface area (TPSA) is 144 Å². The van der Waals surface area contributed by atoms with Gasteiger partial charge in [-0.15, -0.1) is 0 Å². The highest BCUT2D eigenvalue weighted by atomic mass is 16.4. The molecule has 0 aliphatic heterocycles. The Labute approximate surface area is 88.0 Å². The zero-order chi connectivity index (χ0) is 11.8. The van der Waals surface area contributed by atoms with Crippen molar-refractivity contribution in [3.63, 3.8) is 0 Å². The van der Waals surface area contributed by atoms with E-state index in [1.807, 2.05) is 0 Å². The van der Waals surface area contributed by atoms with Gasteiger partial charge in [-0.2, -0.15) is 0 Å². The Morgan fingerprint density at radius 3 is 2.27 bits per heavy atom. The summed E-state index contributed by atoms with van der Waals surface area (Å²) in [6, 6.07) is -1.60. The molecule has 2 atom stereocenters. The SMILES string of the molecule is NCC[C@H](N)C(=O)NCC[C@H](N)C(=O)O. The van der Waals surface area contributed by atoms with E-state index in [0.29, 0.717) is 13.0 Å². The van der Waals surface area contributed by atoms with Gasteiger partial charge in [0.1, 0.15) is 6.04 Å². The van der Waals surface area contributed by atoms with Crippen LogP contribution in [0.15, 0.2) is 0 Å². The molecule has 15 heavy (non-hydrogen) atoms. The van der Waals surface area contributed by atoms with Crippen molar-refractivity contribution in [3.8, 4) is 0 Å². The number of nitrogens with two attached hydrogens (primary N) is 3. The van der Waals surface area contributed by atoms with E-state index in [4.69, 9.17) is 22.3 Å². The van der Waals surface area contributed by atoms with E-state index in [1.165, 1.54) is 0 Å². The number of carbonyl (C=O) groups excluding carboxylic acids is 1. The molecule has 7 heteroatoms. The van der Waals surface area contributed by atoms with Crippen LogP contribution in [-0.2, 0) is 9.59 Å². The van der Waals surface area contributed by atoms with Crippen molar-refractivity contribution >= 4 is 11.9 Å². The van der Waals surface area contributed by atoms with E-state index in [1.54, 1.807) is 0 Å². The van der Waals surface area contributed by atoms with Crippen molar-refractivity contribution in [2.75, 3.05) is 13.1 Å². The summed E-state index contributed by atoms with van der Waals surface area (Å²) in [5, 5.41) is 11.0. The Hall–Kier alpha value is -1.18. The molecule has 0 aromatic rings. The zero-order valence-electron chi connectivity index (χ0n) is 8.48. The van der Waals surface area contributed by atoms with Gasteiger partial charge in [0, 0.05) is 6.54 Å². The predicted octanol–water partition coefficient (Wildman–Crippen LogP) is -2.42. The summed E-state index contributed by atoms with van der Waals surface area (Å²) in [5.74, 6) is -1.42. The number of carboxylic acids is 1. The van der Waals surface area contributed by atoms with E-state index < -0.39 is 18.1 Å². The Bertz CT molecular complexity index is 222. The van der Waals surface area contributed by atoms with Gasteiger partial charge < -0.3 is 27.6 Å². The highest BCUT2D eigenvalue weighted by Crippen LogP contribution is 1.89. The van der Waals surface area contributed by atoms with Crippen molar-refractivity contribution in [1.29, 1.82) is 0 Å². The first kappa shape index (κ1) is 13.8. The molecule has 88 valence electrons. The molecule has 0 unspecified atom stereocenters. The van der Waals surface area contributed by atoms with Crippen molar-refractivity contribution in [2.45, 2.75) is 24.9 Å². The summed E-state index contributed by atoms with van der Waals surface area (Å²) >= 11 is 0. The molecule has 0 radical (unpaired) electrons. The van der Waals surface area contributed by atoms with Gasteiger partial charge in [-0.25, -0.2) is 0 Å². The summed E-state index contributed by atoms with van der Waals surface area (Å²) in [6.07, 6.45) is 0.577. The zero-order valence-corrected chi connectivity index (χ0v) is 8.48. The molecule has 0 aliphatic rings. The highest BCUT2D eigenvalue weighted by Gasteiger charge is 2.14. The van der Waals surface area contributed by atoms with Crippen LogP contribution in [0.25, 0.3) is 0 Å². The molecule has 0 rings (SSSR count). The monoisotopic (exact) mass is 218 g/mol. The van der Waals surface area contributed by atoms with E-state index in [-0.39, 0.29) is 18.9 Å². The van der Waals surface area contributed by atoms with Crippen LogP contribution in [0, 0.1) is 0 Å². The molecule has 0 saturated heterocycles. The summed E-state index contributed by atoms with van der Waals surface area (Å²) in [5.41, 5.74) is 15.9. The van der Waals surface area contributed by atoms with E-state index in [0.717, 1.165) is 0 Å². The second-order valence-corrected chi connectivity index (χ2v) is 3.21. The number of nitrogens with one attached hydrogen (secondary N) is 1. The minimum absolute atomic E-state index is 0.177. The molecule has 0 heterocycles. The summed E-state index contributed by atoms with van der Waals surface area (Å²) in [7, 11) is 0. The molecule has 0 aromatic heterocycles. The molecular weight excluding hydrogens is 200 g/mol. The highest BCUT2D eigenvalue weighted by molar-refractivity contribution is 5.81. The molecule has 0 aliphatic carbocycles. The predicted molar refractivity (Wildman–Crippen MR) is 54.9 cm³/mol. The summed E-state index contributed by atoms with van der Waals surface area (Å²) in [4.78, 5) is 21.5. The van der Waals surface area contributed by atoms with Crippen LogP contribution in [0.4, 0.5) is 0 Å². The van der Waals surface area contributed by atoms with Crippen molar-refractivity contribution < 1.29 is 14.7 Å². The Kier molecular flexibility index (Phi) is 6.59. The molecule has 0 spiro atoms. The summed E-state index contributed by atoms with van der Waals surface area (Å²) < 4.78 is 0. The van der Waals surface area contributed by atoms with Crippen LogP contribution < -0.4 is 22.5 Å². The quantitative estimate of drug-likeness (QED) is 0.321. The van der Waals surface area contributed by atoms with Gasteiger partial charge >= 0.3 is 5.97 Å². The first-order valence-corrected chi connectivity index (χ1v) is 4.70. The first-order valence-electron chi connectivity index (χ1n) is 4.70. The van der Waals surface area contributed by atoms with Gasteiger partial charge in [0.15, 0.2) is 0 Å². The molecular formula is C8H18N4O3. The van der Waals surface area contributed by atoms with Crippen molar-refractivity contribution in [3.05, 3.63) is 0 Å². The largest absolute Gasteiger partial charge is 0.480 e. The fraction of sp³-hybridized carbons (Fsp3) is 0.750. The van der Waals surface area contributed by atoms with Gasteiger partial charge in [-0.1, -0.05) is 0 Å². The third kappa shape index (κ3) is 6.00. The number of carbonyl (C=O) groups is 2. The van der Waals surface area contributed by atoms with Crippen LogP contribution in [-0.4, -0.2) is 42.2 Å². The average molecular weight is 218 g/mol. The van der Waals surface area contributed by atoms with Gasteiger partial charge in [-0.05, 0) is 19.4 Å². The molecule has 0 bridgehead atoms. The third-order valence-electron chi connectivity index (χ3n) is 1.89. The lowest BCUT2D eigenvalue weighted by Crippen LogP contribution is -2.43. The Morgan fingerprint density at radius 1 is 1.20 bits per heavy atom. The number of aliphatic carboxylic acids is 1. The van der Waals surface area contributed by atoms with Crippen molar-refractivity contribution in [2.24, 2.45) is 17.2 Å². The molecule has 0 saturated carbocycles. The number of amides is 1. The van der Waals surface area contributed by atoms with Gasteiger partial charge in [-0.3, -0.25) is 9.59 Å². The van der Waals surface area contributed by atoms with Crippen LogP contribution in [0.2, 0.25) is 0 Å². The maximum Gasteiger partial charge on any atom is 0.320 e. The first-order chi connectivity index (χ1) is 6.99. The lowest BCUT2D eigenvalue weighted by Gasteiger charge is -2.12. The van der Waals surface area contributed by atoms with Crippen LogP contribution in [0.3, 0.4) is 0 Å². The standard InChI is InChI=1S/C8H18N4O3/c9-3-1-5(10)7(13)12-4-2-6(11)8(14)15/h5-6H,1-4,9-11H2,(H,12,13)(H,14,15)/t5-,6-/m0/s1. The van der Waals surface area contributed by atoms with E-state index >= 15 is 0 Å². The van der Waals surface area contributed by atoms with Gasteiger partial charge in [0.2, 0.25) is 5.91 Å². The van der Waals surface area contributed by atoms with Crippen LogP contribution in [0.1, 0.15) is 12.8 Å². The molecule has 8 N–H and O–H groups in total. The minimum atomic E-state index is -1.09. The number of hydrogen-bond donors (Lipinski definition) is 5. The Morgan fingerprint density at radius 2 is 1.80 bits per heavy atom. The molecule has 7 nitrogen and oxygen atoms in total. The minimum Gasteiger partial charge on any atom is -0.480 e. The maximum absolute atomic E-state index is 11.2. The second kappa shape index (κ2) is 7.16. The fourth-order valence-electron chi connectivity index (χ4n) is 0.916. The van der Waals surface area contributed by atoms with E-state index in [9.17, 15) is 9.59 Å². The number of rotatable bonds is 7. The number of carboxylic acid groups (broad SMARTS) is 1. The van der Waals surface area contributed by atoms with E-state index in [2.05, 4.69) is 5.32 Å². The lowest BCUT2D eigenvalue weighted by atomic mass is 10.2. The molecule has 1 amide bonds. The molecule has 0 fully saturated rings. The van der Waals surface area contributed by atoms with Crippen LogP contribution >= 0.6 is 0 Å². The average Bonchev–Trinajstić information content (AvgIpc) is 2.17. The second-order valence-electron chi connectivity index (χ2n) is 3.21. The van der Waals surface area contributed by atoms with Gasteiger partial charge in [0.05, 0.1) is 6.04 Å². The lowest BCUT2D eigenvalue weighted by molar-refractivity contribution is -0.138. The third-order valence-corrected chi connectivity index (χ3v) is 1.89. The maximum atomic E-state index is 11.2. The summed E-state index contributed by atoms with van der Waals surface area (Å²) in [6.45, 7) is 0.536. The van der Waals surface area contributed by atoms with Crippen LogP contribution in [0.5, 0.6) is 0 Å². The normalized spacial score (nSPS) is 14.3. The fourth-order valence-corrected chi connectivity index (χ4v) is 0.916. The van der Waals surface area contributed by atoms with Crippen molar-refractivity contribution in [1.82, 2.24) is 5.32 Å². The Balaban J connectivity index is 3.67. The number of hydrogen-bond acceptors (Lipinski definition) is 5. The molecule has 0 aromatic carbocycles. The van der Waals surface area contributed by atoms with Gasteiger partial charge in [0.25, 0.3) is 0 Å². The smallest absolute Gasteiger partial charge is 0.320 e.